The van der Waals surface area contributed by atoms with Crippen LogP contribution in [-0.4, -0.2) is 18.3 Å². The Morgan fingerprint density at radius 1 is 1.67 bits per heavy atom. The minimum absolute atomic E-state index is 0.250. The summed E-state index contributed by atoms with van der Waals surface area (Å²) in [6.07, 6.45) is 2.63. The molecule has 0 aromatic heterocycles. The quantitative estimate of drug-likeness (QED) is 0.532. The lowest BCUT2D eigenvalue weighted by molar-refractivity contribution is 0.127. The fourth-order valence-corrected chi connectivity index (χ4v) is 0.421. The Labute approximate surface area is 55.8 Å². The van der Waals surface area contributed by atoms with Crippen molar-refractivity contribution in [2.24, 2.45) is 11.8 Å². The molecule has 0 atom stereocenters. The summed E-state index contributed by atoms with van der Waals surface area (Å²) >= 11 is 0. The SMILES string of the molecule is CCO.NOCC1CC1. The first-order valence-corrected chi connectivity index (χ1v) is 3.27. The Kier molecular flexibility index (Phi) is 5.93. The average Bonchev–Trinajstić information content (AvgIpc) is 2.53. The van der Waals surface area contributed by atoms with Crippen LogP contribution in [0.25, 0.3) is 0 Å². The summed E-state index contributed by atoms with van der Waals surface area (Å²) in [6, 6.07) is 0. The first-order valence-electron chi connectivity index (χ1n) is 3.27. The molecule has 3 N–H and O–H groups in total. The van der Waals surface area contributed by atoms with Gasteiger partial charge in [-0.25, -0.2) is 5.90 Å². The van der Waals surface area contributed by atoms with Crippen LogP contribution in [0.15, 0.2) is 0 Å². The lowest BCUT2D eigenvalue weighted by atomic mass is 10.5. The van der Waals surface area contributed by atoms with Gasteiger partial charge in [-0.2, -0.15) is 0 Å². The van der Waals surface area contributed by atoms with E-state index in [0.717, 1.165) is 12.5 Å². The van der Waals surface area contributed by atoms with Crippen LogP contribution in [0.1, 0.15) is 19.8 Å². The molecule has 0 spiro atoms. The molecule has 0 unspecified atom stereocenters. The maximum Gasteiger partial charge on any atom is 0.0707 e. The Balaban J connectivity index is 0.000000187. The number of hydrogen-bond donors (Lipinski definition) is 2. The van der Waals surface area contributed by atoms with E-state index in [-0.39, 0.29) is 6.61 Å². The van der Waals surface area contributed by atoms with Crippen molar-refractivity contribution < 1.29 is 9.94 Å². The van der Waals surface area contributed by atoms with Crippen molar-refractivity contribution >= 4 is 0 Å². The topological polar surface area (TPSA) is 55.5 Å². The molecule has 3 nitrogen and oxygen atoms in total. The molecular formula is C6H15NO2. The molecule has 1 aliphatic carbocycles. The molecule has 1 saturated carbocycles. The summed E-state index contributed by atoms with van der Waals surface area (Å²) < 4.78 is 0. The fraction of sp³-hybridized carbons (Fsp3) is 1.00. The summed E-state index contributed by atoms with van der Waals surface area (Å²) in [6.45, 7) is 2.69. The summed E-state index contributed by atoms with van der Waals surface area (Å²) in [5.74, 6) is 5.57. The molecule has 0 heterocycles. The standard InChI is InChI=1S/C4H9NO.C2H6O/c5-6-3-4-1-2-4;1-2-3/h4H,1-3,5H2;3H,2H2,1H3. The van der Waals surface area contributed by atoms with E-state index in [1.807, 2.05) is 0 Å². The zero-order valence-corrected chi connectivity index (χ0v) is 5.84. The van der Waals surface area contributed by atoms with E-state index in [0.29, 0.717) is 0 Å². The molecule has 0 aromatic carbocycles. The molecule has 0 bridgehead atoms. The van der Waals surface area contributed by atoms with Gasteiger partial charge >= 0.3 is 0 Å². The second-order valence-electron chi connectivity index (χ2n) is 2.09. The summed E-state index contributed by atoms with van der Waals surface area (Å²) in [5.41, 5.74) is 0. The molecule has 0 saturated heterocycles. The van der Waals surface area contributed by atoms with Gasteiger partial charge in [0.25, 0.3) is 0 Å². The van der Waals surface area contributed by atoms with Crippen molar-refractivity contribution in [2.75, 3.05) is 13.2 Å². The van der Waals surface area contributed by atoms with E-state index in [4.69, 9.17) is 11.0 Å². The van der Waals surface area contributed by atoms with Gasteiger partial charge < -0.3 is 9.94 Å². The van der Waals surface area contributed by atoms with E-state index in [9.17, 15) is 0 Å². The minimum Gasteiger partial charge on any atom is -0.397 e. The molecule has 0 aliphatic heterocycles. The van der Waals surface area contributed by atoms with Gasteiger partial charge in [0.2, 0.25) is 0 Å². The highest BCUT2D eigenvalue weighted by Gasteiger charge is 2.20. The normalized spacial score (nSPS) is 16.3. The highest BCUT2D eigenvalue weighted by molar-refractivity contribution is 4.71. The zero-order valence-electron chi connectivity index (χ0n) is 5.84. The summed E-state index contributed by atoms with van der Waals surface area (Å²) in [7, 11) is 0. The van der Waals surface area contributed by atoms with Crippen LogP contribution in [0.3, 0.4) is 0 Å². The average molecular weight is 133 g/mol. The van der Waals surface area contributed by atoms with Crippen LogP contribution in [0, 0.1) is 5.92 Å². The number of aliphatic hydroxyl groups excluding tert-OH is 1. The molecule has 0 radical (unpaired) electrons. The first kappa shape index (κ1) is 8.88. The smallest absolute Gasteiger partial charge is 0.0707 e. The van der Waals surface area contributed by atoms with Crippen LogP contribution >= 0.6 is 0 Å². The second-order valence-corrected chi connectivity index (χ2v) is 2.09. The molecule has 1 fully saturated rings. The van der Waals surface area contributed by atoms with Crippen molar-refractivity contribution in [3.05, 3.63) is 0 Å². The van der Waals surface area contributed by atoms with Gasteiger partial charge in [-0.3, -0.25) is 0 Å². The van der Waals surface area contributed by atoms with Crippen molar-refractivity contribution in [3.8, 4) is 0 Å². The second kappa shape index (κ2) is 6.01. The zero-order chi connectivity index (χ0) is 7.11. The molecule has 56 valence electrons. The van der Waals surface area contributed by atoms with Gasteiger partial charge in [0.15, 0.2) is 0 Å². The van der Waals surface area contributed by atoms with Crippen LogP contribution in [0.4, 0.5) is 0 Å². The van der Waals surface area contributed by atoms with Gasteiger partial charge in [-0.15, -0.1) is 0 Å². The number of rotatable bonds is 2. The third kappa shape index (κ3) is 7.88. The predicted octanol–water partition coefficient (Wildman–Crippen LogP) is 0.285. The van der Waals surface area contributed by atoms with E-state index in [2.05, 4.69) is 4.84 Å². The minimum atomic E-state index is 0.250. The lowest BCUT2D eigenvalue weighted by Crippen LogP contribution is -2.01. The summed E-state index contributed by atoms with van der Waals surface area (Å²) in [4.78, 5) is 4.37. The highest BCUT2D eigenvalue weighted by Crippen LogP contribution is 2.28. The van der Waals surface area contributed by atoms with E-state index in [1.54, 1.807) is 6.92 Å². The largest absolute Gasteiger partial charge is 0.397 e. The van der Waals surface area contributed by atoms with Crippen LogP contribution in [-0.2, 0) is 4.84 Å². The van der Waals surface area contributed by atoms with Gasteiger partial charge in [-0.1, -0.05) is 0 Å². The van der Waals surface area contributed by atoms with Gasteiger partial charge in [0.05, 0.1) is 6.61 Å². The first-order chi connectivity index (χ1) is 4.35. The summed E-state index contributed by atoms with van der Waals surface area (Å²) in [5, 5.41) is 7.57. The van der Waals surface area contributed by atoms with E-state index >= 15 is 0 Å². The maximum atomic E-state index is 7.57. The molecule has 1 aliphatic rings. The van der Waals surface area contributed by atoms with E-state index in [1.165, 1.54) is 12.8 Å². The van der Waals surface area contributed by atoms with Crippen LogP contribution < -0.4 is 5.90 Å². The molecule has 1 rings (SSSR count). The van der Waals surface area contributed by atoms with Crippen molar-refractivity contribution in [3.63, 3.8) is 0 Å². The Hall–Kier alpha value is -0.120. The van der Waals surface area contributed by atoms with Gasteiger partial charge in [-0.05, 0) is 25.7 Å². The Bertz CT molecular complexity index is 55.0. The third-order valence-electron chi connectivity index (χ3n) is 1.03. The maximum absolute atomic E-state index is 7.57. The fourth-order valence-electron chi connectivity index (χ4n) is 0.421. The molecule has 0 aromatic rings. The van der Waals surface area contributed by atoms with Gasteiger partial charge in [0.1, 0.15) is 0 Å². The highest BCUT2D eigenvalue weighted by atomic mass is 16.6. The lowest BCUT2D eigenvalue weighted by Gasteiger charge is -1.86. The van der Waals surface area contributed by atoms with E-state index < -0.39 is 0 Å². The Morgan fingerprint density at radius 2 is 2.11 bits per heavy atom. The van der Waals surface area contributed by atoms with Gasteiger partial charge in [0, 0.05) is 6.61 Å². The van der Waals surface area contributed by atoms with Crippen molar-refractivity contribution in [1.82, 2.24) is 0 Å². The Morgan fingerprint density at radius 3 is 2.22 bits per heavy atom. The van der Waals surface area contributed by atoms with Crippen molar-refractivity contribution in [2.45, 2.75) is 19.8 Å². The van der Waals surface area contributed by atoms with Crippen LogP contribution in [0.5, 0.6) is 0 Å². The molecule has 9 heavy (non-hydrogen) atoms. The third-order valence-corrected chi connectivity index (χ3v) is 1.03. The predicted molar refractivity (Wildman–Crippen MR) is 35.6 cm³/mol. The number of aliphatic hydroxyl groups is 1. The van der Waals surface area contributed by atoms with Crippen molar-refractivity contribution in [1.29, 1.82) is 0 Å². The molecule has 0 amide bonds. The number of nitrogens with two attached hydrogens (primary N) is 1. The monoisotopic (exact) mass is 133 g/mol. The molecule has 3 heteroatoms. The number of hydrogen-bond acceptors (Lipinski definition) is 3. The van der Waals surface area contributed by atoms with Crippen LogP contribution in [0.2, 0.25) is 0 Å². The molecular weight excluding hydrogens is 118 g/mol.